The van der Waals surface area contributed by atoms with Crippen molar-refractivity contribution in [3.05, 3.63) is 29.6 Å². The lowest BCUT2D eigenvalue weighted by Crippen LogP contribution is -2.49. The smallest absolute Gasteiger partial charge is 0.256 e. The van der Waals surface area contributed by atoms with E-state index < -0.39 is 5.91 Å². The van der Waals surface area contributed by atoms with Crippen molar-refractivity contribution >= 4 is 11.8 Å². The fraction of sp³-hybridized carbons (Fsp3) is 0.500. The molecule has 2 heterocycles. The lowest BCUT2D eigenvalue weighted by Gasteiger charge is -2.33. The van der Waals surface area contributed by atoms with Gasteiger partial charge in [-0.3, -0.25) is 14.6 Å². The zero-order valence-electron chi connectivity index (χ0n) is 11.6. The molecule has 1 aromatic rings. The summed E-state index contributed by atoms with van der Waals surface area (Å²) in [5.41, 5.74) is 6.70. The van der Waals surface area contributed by atoms with E-state index in [-0.39, 0.29) is 18.5 Å². The van der Waals surface area contributed by atoms with Gasteiger partial charge in [-0.25, -0.2) is 0 Å². The number of aromatic nitrogens is 1. The normalized spacial score (nSPS) is 15.8. The molecule has 20 heavy (non-hydrogen) atoms. The first-order chi connectivity index (χ1) is 9.58. The summed E-state index contributed by atoms with van der Waals surface area (Å²) in [6.45, 7) is 3.53. The number of hydrogen-bond acceptors (Lipinski definition) is 4. The van der Waals surface area contributed by atoms with E-state index in [4.69, 9.17) is 5.73 Å². The van der Waals surface area contributed by atoms with E-state index in [1.807, 2.05) is 6.92 Å². The standard InChI is InChI=1S/C14H20N4O2/c1-10-6-11(8-17-7-10)14(20)18(9-13(15)19)12-2-4-16-5-3-12/h6-8,12,16H,2-5,9H2,1H3,(H2,15,19). The SMILES string of the molecule is Cc1cncc(C(=O)N(CC(N)=O)C2CCNCC2)c1. The van der Waals surface area contributed by atoms with Crippen molar-refractivity contribution in [3.8, 4) is 0 Å². The van der Waals surface area contributed by atoms with Crippen LogP contribution in [0.5, 0.6) is 0 Å². The maximum atomic E-state index is 12.6. The number of piperidine rings is 1. The molecule has 6 nitrogen and oxygen atoms in total. The van der Waals surface area contributed by atoms with E-state index >= 15 is 0 Å². The van der Waals surface area contributed by atoms with Gasteiger partial charge in [0.15, 0.2) is 0 Å². The van der Waals surface area contributed by atoms with Crippen LogP contribution in [-0.4, -0.2) is 47.4 Å². The highest BCUT2D eigenvalue weighted by molar-refractivity contribution is 5.96. The molecule has 0 saturated carbocycles. The van der Waals surface area contributed by atoms with Gasteiger partial charge in [0.25, 0.3) is 5.91 Å². The number of rotatable bonds is 4. The molecule has 1 fully saturated rings. The minimum atomic E-state index is -0.488. The number of nitrogens with two attached hydrogens (primary N) is 1. The highest BCUT2D eigenvalue weighted by Gasteiger charge is 2.27. The Morgan fingerprint density at radius 2 is 2.10 bits per heavy atom. The molecule has 1 aliphatic heterocycles. The molecule has 0 spiro atoms. The first-order valence-electron chi connectivity index (χ1n) is 6.79. The molecule has 1 saturated heterocycles. The average Bonchev–Trinajstić information content (AvgIpc) is 2.45. The largest absolute Gasteiger partial charge is 0.368 e. The Balaban J connectivity index is 2.20. The zero-order chi connectivity index (χ0) is 14.5. The van der Waals surface area contributed by atoms with Crippen LogP contribution in [0, 0.1) is 6.92 Å². The summed E-state index contributed by atoms with van der Waals surface area (Å²) in [6, 6.07) is 1.83. The van der Waals surface area contributed by atoms with Crippen molar-refractivity contribution in [1.82, 2.24) is 15.2 Å². The second-order valence-corrected chi connectivity index (χ2v) is 5.13. The van der Waals surface area contributed by atoms with E-state index in [0.29, 0.717) is 5.56 Å². The Morgan fingerprint density at radius 1 is 1.40 bits per heavy atom. The van der Waals surface area contributed by atoms with Crippen LogP contribution in [0.15, 0.2) is 18.5 Å². The van der Waals surface area contributed by atoms with Crippen molar-refractivity contribution in [1.29, 1.82) is 0 Å². The van der Waals surface area contributed by atoms with Gasteiger partial charge in [-0.15, -0.1) is 0 Å². The maximum Gasteiger partial charge on any atom is 0.256 e. The third-order valence-corrected chi connectivity index (χ3v) is 3.46. The summed E-state index contributed by atoms with van der Waals surface area (Å²) >= 11 is 0. The van der Waals surface area contributed by atoms with Gasteiger partial charge >= 0.3 is 0 Å². The highest BCUT2D eigenvalue weighted by Crippen LogP contribution is 2.15. The number of carbonyl (C=O) groups is 2. The van der Waals surface area contributed by atoms with Crippen molar-refractivity contribution in [2.75, 3.05) is 19.6 Å². The van der Waals surface area contributed by atoms with Gasteiger partial charge in [-0.1, -0.05) is 0 Å². The summed E-state index contributed by atoms with van der Waals surface area (Å²) in [5, 5.41) is 3.24. The summed E-state index contributed by atoms with van der Waals surface area (Å²) < 4.78 is 0. The van der Waals surface area contributed by atoms with Crippen LogP contribution >= 0.6 is 0 Å². The van der Waals surface area contributed by atoms with Gasteiger partial charge < -0.3 is 16.0 Å². The molecule has 0 aromatic carbocycles. The van der Waals surface area contributed by atoms with Crippen LogP contribution in [0.1, 0.15) is 28.8 Å². The maximum absolute atomic E-state index is 12.6. The molecule has 0 unspecified atom stereocenters. The number of nitrogens with one attached hydrogen (secondary N) is 1. The number of nitrogens with zero attached hydrogens (tertiary/aromatic N) is 2. The first-order valence-corrected chi connectivity index (χ1v) is 6.79. The molecule has 0 atom stereocenters. The van der Waals surface area contributed by atoms with Gasteiger partial charge in [-0.05, 0) is 44.5 Å². The number of pyridine rings is 1. The predicted molar refractivity (Wildman–Crippen MR) is 75.1 cm³/mol. The first kappa shape index (κ1) is 14.5. The molecule has 0 radical (unpaired) electrons. The third-order valence-electron chi connectivity index (χ3n) is 3.46. The second kappa shape index (κ2) is 6.47. The zero-order valence-corrected chi connectivity index (χ0v) is 11.6. The van der Waals surface area contributed by atoms with Gasteiger partial charge in [0.05, 0.1) is 12.1 Å². The fourth-order valence-electron chi connectivity index (χ4n) is 2.49. The van der Waals surface area contributed by atoms with E-state index in [0.717, 1.165) is 31.5 Å². The Hall–Kier alpha value is -1.95. The number of amides is 2. The highest BCUT2D eigenvalue weighted by atomic mass is 16.2. The molecule has 0 bridgehead atoms. The van der Waals surface area contributed by atoms with Crippen LogP contribution in [-0.2, 0) is 4.79 Å². The number of primary amides is 1. The van der Waals surface area contributed by atoms with Crippen molar-refractivity contribution < 1.29 is 9.59 Å². The minimum Gasteiger partial charge on any atom is -0.368 e. The van der Waals surface area contributed by atoms with E-state index in [9.17, 15) is 9.59 Å². The molecule has 0 aliphatic carbocycles. The van der Waals surface area contributed by atoms with E-state index in [1.165, 1.54) is 6.20 Å². The molecule has 108 valence electrons. The van der Waals surface area contributed by atoms with Crippen LogP contribution in [0.2, 0.25) is 0 Å². The molecule has 1 aromatic heterocycles. The Labute approximate surface area is 118 Å². The number of carbonyl (C=O) groups excluding carboxylic acids is 2. The van der Waals surface area contributed by atoms with Crippen molar-refractivity contribution in [2.45, 2.75) is 25.8 Å². The Bertz CT molecular complexity index is 498. The molecular formula is C14H20N4O2. The van der Waals surface area contributed by atoms with Crippen molar-refractivity contribution in [2.24, 2.45) is 5.73 Å². The van der Waals surface area contributed by atoms with Gasteiger partial charge in [0, 0.05) is 18.4 Å². The molecule has 2 amide bonds. The van der Waals surface area contributed by atoms with Crippen LogP contribution in [0.3, 0.4) is 0 Å². The minimum absolute atomic E-state index is 0.0442. The van der Waals surface area contributed by atoms with Gasteiger partial charge in [0.2, 0.25) is 5.91 Å². The molecule has 1 aliphatic rings. The third kappa shape index (κ3) is 3.54. The quantitative estimate of drug-likeness (QED) is 0.814. The predicted octanol–water partition coefficient (Wildman–Crippen LogP) is 0.0695. The molecule has 3 N–H and O–H groups in total. The van der Waals surface area contributed by atoms with Crippen molar-refractivity contribution in [3.63, 3.8) is 0 Å². The monoisotopic (exact) mass is 276 g/mol. The van der Waals surface area contributed by atoms with Crippen LogP contribution in [0.4, 0.5) is 0 Å². The lowest BCUT2D eigenvalue weighted by atomic mass is 10.0. The molecule has 6 heteroatoms. The van der Waals surface area contributed by atoms with Gasteiger partial charge in [0.1, 0.15) is 0 Å². The van der Waals surface area contributed by atoms with Crippen LogP contribution < -0.4 is 11.1 Å². The van der Waals surface area contributed by atoms with Gasteiger partial charge in [-0.2, -0.15) is 0 Å². The summed E-state index contributed by atoms with van der Waals surface area (Å²) in [7, 11) is 0. The van der Waals surface area contributed by atoms with E-state index in [1.54, 1.807) is 17.2 Å². The lowest BCUT2D eigenvalue weighted by molar-refractivity contribution is -0.119. The number of hydrogen-bond donors (Lipinski definition) is 2. The second-order valence-electron chi connectivity index (χ2n) is 5.13. The summed E-state index contributed by atoms with van der Waals surface area (Å²) in [5.74, 6) is -0.663. The van der Waals surface area contributed by atoms with E-state index in [2.05, 4.69) is 10.3 Å². The topological polar surface area (TPSA) is 88.3 Å². The average molecular weight is 276 g/mol. The number of aryl methyl sites for hydroxylation is 1. The fourth-order valence-corrected chi connectivity index (χ4v) is 2.49. The molecular weight excluding hydrogens is 256 g/mol. The van der Waals surface area contributed by atoms with Crippen LogP contribution in [0.25, 0.3) is 0 Å². The summed E-state index contributed by atoms with van der Waals surface area (Å²) in [6.07, 6.45) is 4.89. The summed E-state index contributed by atoms with van der Waals surface area (Å²) in [4.78, 5) is 29.5. The molecule has 2 rings (SSSR count). The Kier molecular flexibility index (Phi) is 4.68. The Morgan fingerprint density at radius 3 is 2.70 bits per heavy atom.